The Hall–Kier alpha value is -8.15. The highest BCUT2D eigenvalue weighted by atomic mass is 15.0. The Morgan fingerprint density at radius 1 is 0.283 bits per heavy atom. The molecule has 0 aliphatic carbocycles. The minimum Gasteiger partial charge on any atom is -0.309 e. The van der Waals surface area contributed by atoms with E-state index >= 15 is 0 Å². The molecule has 9 aromatic carbocycles. The van der Waals surface area contributed by atoms with Crippen LogP contribution in [0.15, 0.2) is 212 Å². The van der Waals surface area contributed by atoms with Crippen LogP contribution in [0, 0.1) is 0 Å². The molecule has 0 saturated heterocycles. The minimum absolute atomic E-state index is 0.625. The van der Waals surface area contributed by atoms with Crippen LogP contribution in [0.2, 0.25) is 0 Å². The minimum atomic E-state index is 0.625. The fourth-order valence-electron chi connectivity index (χ4n) is 9.05. The van der Waals surface area contributed by atoms with Crippen LogP contribution in [-0.4, -0.2) is 24.1 Å². The van der Waals surface area contributed by atoms with Crippen LogP contribution in [-0.2, 0) is 0 Å². The van der Waals surface area contributed by atoms with E-state index in [0.29, 0.717) is 17.5 Å². The van der Waals surface area contributed by atoms with Gasteiger partial charge in [0, 0.05) is 55.0 Å². The van der Waals surface area contributed by atoms with Gasteiger partial charge in [-0.3, -0.25) is 0 Å². The largest absolute Gasteiger partial charge is 0.309 e. The molecule has 5 heteroatoms. The van der Waals surface area contributed by atoms with Gasteiger partial charge in [0.05, 0.1) is 22.1 Å². The van der Waals surface area contributed by atoms with Gasteiger partial charge < -0.3 is 9.13 Å². The van der Waals surface area contributed by atoms with Gasteiger partial charge in [-0.05, 0) is 59.0 Å². The van der Waals surface area contributed by atoms with Crippen molar-refractivity contribution in [1.29, 1.82) is 0 Å². The lowest BCUT2D eigenvalue weighted by atomic mass is 10.0. The van der Waals surface area contributed by atoms with Gasteiger partial charge in [-0.25, -0.2) is 15.0 Å². The first kappa shape index (κ1) is 33.9. The van der Waals surface area contributed by atoms with E-state index < -0.39 is 0 Å². The molecule has 0 radical (unpaired) electrons. The summed E-state index contributed by atoms with van der Waals surface area (Å²) in [5.41, 5.74) is 12.0. The number of benzene rings is 9. The third-order valence-electron chi connectivity index (χ3n) is 11.7. The van der Waals surface area contributed by atoms with Crippen molar-refractivity contribution in [2.45, 2.75) is 0 Å². The van der Waals surface area contributed by atoms with Crippen molar-refractivity contribution in [2.75, 3.05) is 0 Å². The highest BCUT2D eigenvalue weighted by Gasteiger charge is 2.22. The molecule has 0 atom stereocenters. The van der Waals surface area contributed by atoms with Gasteiger partial charge in [0.15, 0.2) is 17.5 Å². The van der Waals surface area contributed by atoms with Crippen molar-refractivity contribution in [3.63, 3.8) is 0 Å². The van der Waals surface area contributed by atoms with E-state index in [1.807, 2.05) is 60.7 Å². The maximum Gasteiger partial charge on any atom is 0.164 e. The van der Waals surface area contributed by atoms with Crippen LogP contribution in [0.25, 0.3) is 111 Å². The summed E-state index contributed by atoms with van der Waals surface area (Å²) in [5.74, 6) is 1.91. The molecule has 0 aliphatic rings. The van der Waals surface area contributed by atoms with Gasteiger partial charge in [-0.15, -0.1) is 0 Å². The zero-order valence-corrected chi connectivity index (χ0v) is 32.4. The van der Waals surface area contributed by atoms with Crippen LogP contribution in [0.5, 0.6) is 0 Å². The van der Waals surface area contributed by atoms with Crippen LogP contribution in [0.1, 0.15) is 0 Å². The van der Waals surface area contributed by atoms with Crippen molar-refractivity contribution in [3.05, 3.63) is 212 Å². The Morgan fingerprint density at radius 3 is 1.45 bits per heavy atom. The molecule has 0 N–H and O–H groups in total. The molecule has 0 amide bonds. The Bertz CT molecular complexity index is 3530. The van der Waals surface area contributed by atoms with Crippen LogP contribution in [0.3, 0.4) is 0 Å². The Morgan fingerprint density at radius 2 is 0.767 bits per heavy atom. The number of fused-ring (bicyclic) bond motifs is 9. The zero-order valence-electron chi connectivity index (χ0n) is 32.4. The number of hydrogen-bond donors (Lipinski definition) is 0. The molecule has 0 bridgehead atoms. The molecule has 0 spiro atoms. The molecule has 0 fully saturated rings. The second kappa shape index (κ2) is 13.8. The molecule has 3 aromatic heterocycles. The van der Waals surface area contributed by atoms with Crippen molar-refractivity contribution >= 4 is 54.4 Å². The summed E-state index contributed by atoms with van der Waals surface area (Å²) in [5, 5.41) is 7.33. The van der Waals surface area contributed by atoms with E-state index in [1.54, 1.807) is 0 Å². The maximum absolute atomic E-state index is 5.07. The number of para-hydroxylation sites is 1. The van der Waals surface area contributed by atoms with Crippen molar-refractivity contribution in [1.82, 2.24) is 24.1 Å². The summed E-state index contributed by atoms with van der Waals surface area (Å²) >= 11 is 0. The third-order valence-corrected chi connectivity index (χ3v) is 11.7. The van der Waals surface area contributed by atoms with Crippen LogP contribution >= 0.6 is 0 Å². The summed E-state index contributed by atoms with van der Waals surface area (Å²) < 4.78 is 4.87. The van der Waals surface area contributed by atoms with Gasteiger partial charge in [0.25, 0.3) is 0 Å². The quantitative estimate of drug-likeness (QED) is 0.169. The fourth-order valence-corrected chi connectivity index (χ4v) is 9.05. The maximum atomic E-state index is 5.07. The van der Waals surface area contributed by atoms with Gasteiger partial charge >= 0.3 is 0 Å². The summed E-state index contributed by atoms with van der Waals surface area (Å²) in [7, 11) is 0. The second-order valence-electron chi connectivity index (χ2n) is 15.2. The van der Waals surface area contributed by atoms with Gasteiger partial charge in [-0.2, -0.15) is 0 Å². The number of rotatable bonds is 6. The molecular weight excluding hydrogens is 731 g/mol. The van der Waals surface area contributed by atoms with Crippen LogP contribution in [0.4, 0.5) is 0 Å². The molecule has 280 valence electrons. The summed E-state index contributed by atoms with van der Waals surface area (Å²) in [6, 6.07) is 75.2. The van der Waals surface area contributed by atoms with Gasteiger partial charge in [-0.1, -0.05) is 170 Å². The second-order valence-corrected chi connectivity index (χ2v) is 15.2. The van der Waals surface area contributed by atoms with E-state index in [-0.39, 0.29) is 0 Å². The van der Waals surface area contributed by atoms with Crippen molar-refractivity contribution in [3.8, 4) is 56.7 Å². The molecule has 12 aromatic rings. The SMILES string of the molecule is c1ccc(-c2cccc(-n3c4ccc5c(c6ccccc6n5-c5cccc(-c6nc(-c7ccccc7)nc(-c7ccccc7)n6)c5)c4c4ccc5ccccc5c43)c2)cc1. The Balaban J connectivity index is 1.11. The van der Waals surface area contributed by atoms with E-state index in [9.17, 15) is 0 Å². The highest BCUT2D eigenvalue weighted by Crippen LogP contribution is 2.44. The first-order valence-electron chi connectivity index (χ1n) is 20.3. The molecule has 12 rings (SSSR count). The predicted octanol–water partition coefficient (Wildman–Crippen LogP) is 13.9. The monoisotopic (exact) mass is 765 g/mol. The highest BCUT2D eigenvalue weighted by molar-refractivity contribution is 6.31. The molecular formula is C55H35N5. The van der Waals surface area contributed by atoms with Crippen molar-refractivity contribution in [2.24, 2.45) is 0 Å². The normalized spacial score (nSPS) is 11.7. The summed E-state index contributed by atoms with van der Waals surface area (Å²) in [4.78, 5) is 15.1. The standard InChI is InChI=1S/C55H35N5/c1-4-16-36(17-5-1)40-23-14-26-43(34-40)60-49-33-32-48-50(51(49)46-31-30-37-18-10-11-27-44(37)52(46)60)45-28-12-13-29-47(45)59(48)42-25-15-24-41(35-42)55-57-53(38-19-6-2-7-20-38)56-54(58-55)39-21-8-3-9-22-39/h1-35H. The summed E-state index contributed by atoms with van der Waals surface area (Å²) in [6.45, 7) is 0. The third kappa shape index (κ3) is 5.44. The molecule has 60 heavy (non-hydrogen) atoms. The lowest BCUT2D eigenvalue weighted by Gasteiger charge is -2.12. The lowest BCUT2D eigenvalue weighted by molar-refractivity contribution is 1.07. The first-order valence-corrected chi connectivity index (χ1v) is 20.3. The topological polar surface area (TPSA) is 48.5 Å². The van der Waals surface area contributed by atoms with Gasteiger partial charge in [0.2, 0.25) is 0 Å². The van der Waals surface area contributed by atoms with E-state index in [4.69, 9.17) is 15.0 Å². The van der Waals surface area contributed by atoms with E-state index in [1.165, 1.54) is 54.5 Å². The molecule has 5 nitrogen and oxygen atoms in total. The molecule has 0 saturated carbocycles. The van der Waals surface area contributed by atoms with Crippen LogP contribution < -0.4 is 0 Å². The zero-order chi connectivity index (χ0) is 39.6. The molecule has 0 unspecified atom stereocenters. The van der Waals surface area contributed by atoms with E-state index in [2.05, 4.69) is 161 Å². The number of aromatic nitrogens is 5. The van der Waals surface area contributed by atoms with E-state index in [0.717, 1.165) is 39.1 Å². The molecule has 3 heterocycles. The van der Waals surface area contributed by atoms with Gasteiger partial charge in [0.1, 0.15) is 0 Å². The summed E-state index contributed by atoms with van der Waals surface area (Å²) in [6.07, 6.45) is 0. The average molecular weight is 766 g/mol. The first-order chi connectivity index (χ1) is 29.8. The Labute approximate surface area is 346 Å². The molecule has 0 aliphatic heterocycles. The van der Waals surface area contributed by atoms with Crippen molar-refractivity contribution < 1.29 is 0 Å². The lowest BCUT2D eigenvalue weighted by Crippen LogP contribution is -2.01. The predicted molar refractivity (Wildman–Crippen MR) is 248 cm³/mol. The number of nitrogens with zero attached hydrogens (tertiary/aromatic N) is 5. The average Bonchev–Trinajstić information content (AvgIpc) is 3.86. The smallest absolute Gasteiger partial charge is 0.164 e. The Kier molecular flexibility index (Phi) is 7.78. The number of hydrogen-bond acceptors (Lipinski definition) is 3. The fraction of sp³-hybridized carbons (Fsp3) is 0.